The maximum absolute atomic E-state index is 5.41. The number of nitrogens with zero attached hydrogens (tertiary/aromatic N) is 4. The first-order chi connectivity index (χ1) is 22.8. The molecule has 0 aliphatic heterocycles. The molecule has 46 heavy (non-hydrogen) atoms. The topological polar surface area (TPSA) is 35.1 Å². The van der Waals surface area contributed by atoms with Crippen molar-refractivity contribution in [3.05, 3.63) is 146 Å². The van der Waals surface area contributed by atoms with Crippen molar-refractivity contribution in [2.45, 2.75) is 0 Å². The summed E-state index contributed by atoms with van der Waals surface area (Å²) in [5, 5.41) is 10.9. The third-order valence-electron chi connectivity index (χ3n) is 9.80. The van der Waals surface area contributed by atoms with Crippen LogP contribution in [0.3, 0.4) is 0 Å². The fraction of sp³-hybridized carbons (Fsp3) is 0. The Morgan fingerprint density at radius 1 is 0.413 bits per heavy atom. The third kappa shape index (κ3) is 3.03. The number of fused-ring (bicyclic) bond motifs is 12. The normalized spacial score (nSPS) is 12.3. The van der Waals surface area contributed by atoms with Crippen LogP contribution in [0.5, 0.6) is 0 Å². The number of rotatable bonds is 2. The predicted molar refractivity (Wildman–Crippen MR) is 191 cm³/mol. The fourth-order valence-electron chi connectivity index (χ4n) is 7.88. The second-order valence-electron chi connectivity index (χ2n) is 12.2. The lowest BCUT2D eigenvalue weighted by Gasteiger charge is -2.12. The van der Waals surface area contributed by atoms with Crippen LogP contribution in [0.4, 0.5) is 0 Å². The van der Waals surface area contributed by atoms with Gasteiger partial charge in [0, 0.05) is 43.3 Å². The van der Waals surface area contributed by atoms with Crippen molar-refractivity contribution in [3.63, 3.8) is 0 Å². The van der Waals surface area contributed by atoms with E-state index in [9.17, 15) is 0 Å². The van der Waals surface area contributed by atoms with Crippen LogP contribution in [0.15, 0.2) is 146 Å². The third-order valence-corrected chi connectivity index (χ3v) is 9.80. The van der Waals surface area contributed by atoms with Crippen LogP contribution in [0.25, 0.3) is 98.8 Å². The van der Waals surface area contributed by atoms with Gasteiger partial charge >= 0.3 is 0 Å². The van der Waals surface area contributed by atoms with E-state index in [2.05, 4.69) is 155 Å². The van der Waals surface area contributed by atoms with Gasteiger partial charge in [-0.05, 0) is 47.2 Å². The van der Waals surface area contributed by atoms with Gasteiger partial charge in [-0.3, -0.25) is 4.57 Å². The molecule has 0 saturated carbocycles. The van der Waals surface area contributed by atoms with E-state index in [4.69, 9.17) is 9.97 Å². The van der Waals surface area contributed by atoms with Crippen LogP contribution < -0.4 is 0 Å². The molecular weight excluding hydrogens is 560 g/mol. The van der Waals surface area contributed by atoms with E-state index >= 15 is 0 Å². The Hall–Kier alpha value is -6.26. The first-order valence-corrected chi connectivity index (χ1v) is 15.7. The van der Waals surface area contributed by atoms with Crippen LogP contribution in [-0.2, 0) is 0 Å². The highest BCUT2D eigenvalue weighted by molar-refractivity contribution is 6.34. The van der Waals surface area contributed by atoms with E-state index in [1.807, 2.05) is 0 Å². The van der Waals surface area contributed by atoms with Crippen molar-refractivity contribution in [1.29, 1.82) is 0 Å². The molecule has 4 heterocycles. The highest BCUT2D eigenvalue weighted by atomic mass is 15.2. The molecule has 0 N–H and O–H groups in total. The minimum atomic E-state index is 0.676. The molecule has 4 nitrogen and oxygen atoms in total. The SMILES string of the molecule is c1ccc(-c2nc(-n3c4cc5ccccc5cc4c4cc5c6ccccc6n6c7ccccc7c(c43)c56)nc3ccccc23)cc1. The quantitative estimate of drug-likeness (QED) is 0.203. The summed E-state index contributed by atoms with van der Waals surface area (Å²) < 4.78 is 4.78. The summed E-state index contributed by atoms with van der Waals surface area (Å²) in [6, 6.07) is 52.1. The minimum absolute atomic E-state index is 0.676. The Morgan fingerprint density at radius 3 is 1.87 bits per heavy atom. The summed E-state index contributed by atoms with van der Waals surface area (Å²) in [5.74, 6) is 0.676. The molecule has 0 unspecified atom stereocenters. The Bertz CT molecular complexity index is 3020. The average molecular weight is 585 g/mol. The van der Waals surface area contributed by atoms with Crippen LogP contribution in [-0.4, -0.2) is 18.9 Å². The molecule has 0 aliphatic carbocycles. The van der Waals surface area contributed by atoms with Crippen LogP contribution in [0.1, 0.15) is 0 Å². The molecule has 4 aromatic heterocycles. The number of benzene rings is 7. The van der Waals surface area contributed by atoms with Gasteiger partial charge in [0.1, 0.15) is 0 Å². The average Bonchev–Trinajstić information content (AvgIpc) is 3.75. The van der Waals surface area contributed by atoms with Crippen molar-refractivity contribution in [2.24, 2.45) is 0 Å². The molecule has 212 valence electrons. The largest absolute Gasteiger partial charge is 0.308 e. The van der Waals surface area contributed by atoms with Crippen LogP contribution >= 0.6 is 0 Å². The summed E-state index contributed by atoms with van der Waals surface area (Å²) in [4.78, 5) is 10.7. The summed E-state index contributed by atoms with van der Waals surface area (Å²) in [6.07, 6.45) is 0. The maximum atomic E-state index is 5.41. The van der Waals surface area contributed by atoms with Gasteiger partial charge in [0.25, 0.3) is 0 Å². The highest BCUT2D eigenvalue weighted by Crippen LogP contribution is 2.46. The summed E-state index contributed by atoms with van der Waals surface area (Å²) >= 11 is 0. The zero-order chi connectivity index (χ0) is 29.9. The molecule has 0 bridgehead atoms. The van der Waals surface area contributed by atoms with Gasteiger partial charge in [-0.15, -0.1) is 0 Å². The van der Waals surface area contributed by atoms with Crippen molar-refractivity contribution in [2.75, 3.05) is 0 Å². The Labute approximate surface area is 262 Å². The standard InChI is InChI=1S/C42H24N4/c1-2-12-25(13-3-1)39-29-17-6-9-19-34(29)43-42(44-39)46-37-23-27-15-5-4-14-26(27)22-31(37)33-24-32-28-16-7-10-20-35(28)45-36-21-11-8-18-30(36)38(40(32)45)41(33)46/h1-24H. The molecule has 7 aromatic carbocycles. The number of aromatic nitrogens is 4. The van der Waals surface area contributed by atoms with E-state index in [1.165, 1.54) is 59.6 Å². The van der Waals surface area contributed by atoms with Crippen LogP contribution in [0, 0.1) is 0 Å². The summed E-state index contributed by atoms with van der Waals surface area (Å²) in [6.45, 7) is 0. The molecule has 0 atom stereocenters. The van der Waals surface area contributed by atoms with E-state index in [1.54, 1.807) is 0 Å². The smallest absolute Gasteiger partial charge is 0.235 e. The molecular formula is C42H24N4. The monoisotopic (exact) mass is 584 g/mol. The fourth-order valence-corrected chi connectivity index (χ4v) is 7.88. The van der Waals surface area contributed by atoms with Gasteiger partial charge in [-0.1, -0.05) is 109 Å². The summed E-state index contributed by atoms with van der Waals surface area (Å²) in [5.41, 5.74) is 8.86. The van der Waals surface area contributed by atoms with E-state index in [0.29, 0.717) is 5.95 Å². The molecule has 11 rings (SSSR count). The zero-order valence-electron chi connectivity index (χ0n) is 24.6. The molecule has 0 amide bonds. The van der Waals surface area contributed by atoms with Gasteiger partial charge < -0.3 is 4.40 Å². The van der Waals surface area contributed by atoms with Crippen molar-refractivity contribution < 1.29 is 0 Å². The molecule has 4 heteroatoms. The lowest BCUT2D eigenvalue weighted by atomic mass is 10.0. The first kappa shape index (κ1) is 24.1. The molecule has 11 aromatic rings. The second kappa shape index (κ2) is 8.68. The number of hydrogen-bond acceptors (Lipinski definition) is 2. The van der Waals surface area contributed by atoms with E-state index < -0.39 is 0 Å². The molecule has 0 radical (unpaired) electrons. The van der Waals surface area contributed by atoms with Gasteiger partial charge in [-0.2, -0.15) is 0 Å². The molecule has 0 fully saturated rings. The second-order valence-corrected chi connectivity index (χ2v) is 12.2. The first-order valence-electron chi connectivity index (χ1n) is 15.7. The Balaban J connectivity index is 1.42. The van der Waals surface area contributed by atoms with E-state index in [-0.39, 0.29) is 0 Å². The number of hydrogen-bond donors (Lipinski definition) is 0. The van der Waals surface area contributed by atoms with Gasteiger partial charge in [0.05, 0.1) is 38.8 Å². The number of para-hydroxylation sites is 3. The van der Waals surface area contributed by atoms with Gasteiger partial charge in [0.15, 0.2) is 0 Å². The van der Waals surface area contributed by atoms with Gasteiger partial charge in [-0.25, -0.2) is 9.97 Å². The van der Waals surface area contributed by atoms with Crippen molar-refractivity contribution in [1.82, 2.24) is 18.9 Å². The highest BCUT2D eigenvalue weighted by Gasteiger charge is 2.25. The lowest BCUT2D eigenvalue weighted by molar-refractivity contribution is 1.02. The van der Waals surface area contributed by atoms with E-state index in [0.717, 1.165) is 33.2 Å². The molecule has 0 spiro atoms. The van der Waals surface area contributed by atoms with Crippen molar-refractivity contribution in [3.8, 4) is 17.2 Å². The van der Waals surface area contributed by atoms with Gasteiger partial charge in [0.2, 0.25) is 5.95 Å². The summed E-state index contributed by atoms with van der Waals surface area (Å²) in [7, 11) is 0. The maximum Gasteiger partial charge on any atom is 0.235 e. The van der Waals surface area contributed by atoms with Crippen molar-refractivity contribution >= 4 is 81.6 Å². The van der Waals surface area contributed by atoms with Crippen LogP contribution in [0.2, 0.25) is 0 Å². The minimum Gasteiger partial charge on any atom is -0.308 e. The predicted octanol–water partition coefficient (Wildman–Crippen LogP) is 10.7. The molecule has 0 saturated heterocycles. The molecule has 0 aliphatic rings. The Kier molecular flexibility index (Phi) is 4.55. The zero-order valence-corrected chi connectivity index (χ0v) is 24.6. The lowest BCUT2D eigenvalue weighted by Crippen LogP contribution is -2.03. The Morgan fingerprint density at radius 2 is 1.04 bits per heavy atom.